The summed E-state index contributed by atoms with van der Waals surface area (Å²) in [6.07, 6.45) is 1.63. The van der Waals surface area contributed by atoms with Gasteiger partial charge in [0.25, 0.3) is 0 Å². The average molecular weight is 279 g/mol. The topological polar surface area (TPSA) is 48.1 Å². The van der Waals surface area contributed by atoms with Crippen LogP contribution < -0.4 is 10.5 Å². The number of ether oxygens (including phenoxy) is 1. The molecule has 1 aromatic carbocycles. The first-order valence-electron chi connectivity index (χ1n) is 4.83. The summed E-state index contributed by atoms with van der Waals surface area (Å²) >= 11 is 3.47. The van der Waals surface area contributed by atoms with E-state index in [1.807, 2.05) is 24.3 Å². The van der Waals surface area contributed by atoms with Crippen molar-refractivity contribution in [3.8, 4) is 5.75 Å². The van der Waals surface area contributed by atoms with Crippen LogP contribution in [0.3, 0.4) is 0 Å². The van der Waals surface area contributed by atoms with Crippen molar-refractivity contribution < 1.29 is 4.74 Å². The second kappa shape index (κ2) is 4.99. The van der Waals surface area contributed by atoms with Crippen LogP contribution in [-0.4, -0.2) is 4.98 Å². The third-order valence-corrected chi connectivity index (χ3v) is 2.88. The molecule has 16 heavy (non-hydrogen) atoms. The van der Waals surface area contributed by atoms with E-state index >= 15 is 0 Å². The molecule has 2 N–H and O–H groups in total. The largest absolute Gasteiger partial charge is 0.489 e. The van der Waals surface area contributed by atoms with E-state index in [9.17, 15) is 0 Å². The Morgan fingerprint density at radius 3 is 2.81 bits per heavy atom. The van der Waals surface area contributed by atoms with E-state index in [1.165, 1.54) is 0 Å². The molecule has 0 radical (unpaired) electrons. The molecule has 0 spiro atoms. The molecule has 1 heterocycles. The molecule has 0 aliphatic heterocycles. The van der Waals surface area contributed by atoms with Crippen LogP contribution in [0.2, 0.25) is 0 Å². The Balaban J connectivity index is 2.05. The number of benzene rings is 1. The van der Waals surface area contributed by atoms with E-state index in [0.29, 0.717) is 12.4 Å². The van der Waals surface area contributed by atoms with Crippen molar-refractivity contribution in [3.05, 3.63) is 52.6 Å². The molecule has 0 atom stereocenters. The molecule has 1 aromatic heterocycles. The summed E-state index contributed by atoms with van der Waals surface area (Å²) in [5.74, 6) is 1.19. The van der Waals surface area contributed by atoms with E-state index in [2.05, 4.69) is 20.9 Å². The lowest BCUT2D eigenvalue weighted by Crippen LogP contribution is -1.97. The van der Waals surface area contributed by atoms with Gasteiger partial charge in [-0.1, -0.05) is 34.1 Å². The maximum absolute atomic E-state index is 5.60. The predicted octanol–water partition coefficient (Wildman–Crippen LogP) is 3.01. The average Bonchev–Trinajstić information content (AvgIpc) is 2.28. The molecule has 82 valence electrons. The van der Waals surface area contributed by atoms with Gasteiger partial charge in [-0.05, 0) is 12.1 Å². The third kappa shape index (κ3) is 2.73. The van der Waals surface area contributed by atoms with Crippen molar-refractivity contribution in [1.82, 2.24) is 4.98 Å². The highest BCUT2D eigenvalue weighted by Crippen LogP contribution is 2.19. The van der Waals surface area contributed by atoms with Crippen LogP contribution in [0.5, 0.6) is 5.75 Å². The Hall–Kier alpha value is -1.55. The summed E-state index contributed by atoms with van der Waals surface area (Å²) < 4.78 is 6.64. The lowest BCUT2D eigenvalue weighted by Gasteiger charge is -2.07. The van der Waals surface area contributed by atoms with Crippen LogP contribution in [0.25, 0.3) is 0 Å². The zero-order chi connectivity index (χ0) is 11.4. The number of anilines is 1. The lowest BCUT2D eigenvalue weighted by atomic mass is 10.2. The minimum Gasteiger partial charge on any atom is -0.489 e. The van der Waals surface area contributed by atoms with Gasteiger partial charge < -0.3 is 10.5 Å². The summed E-state index contributed by atoms with van der Waals surface area (Å²) in [7, 11) is 0. The summed E-state index contributed by atoms with van der Waals surface area (Å²) in [5.41, 5.74) is 6.65. The van der Waals surface area contributed by atoms with Crippen LogP contribution in [0.15, 0.2) is 47.1 Å². The Morgan fingerprint density at radius 1 is 1.25 bits per heavy atom. The van der Waals surface area contributed by atoms with Gasteiger partial charge in [-0.2, -0.15) is 0 Å². The number of pyridine rings is 1. The zero-order valence-corrected chi connectivity index (χ0v) is 10.1. The molecule has 0 amide bonds. The molecule has 0 bridgehead atoms. The fourth-order valence-corrected chi connectivity index (χ4v) is 1.69. The van der Waals surface area contributed by atoms with Crippen molar-refractivity contribution in [1.29, 1.82) is 0 Å². The number of nitrogens with two attached hydrogens (primary N) is 1. The maximum Gasteiger partial charge on any atom is 0.126 e. The van der Waals surface area contributed by atoms with Gasteiger partial charge in [0.15, 0.2) is 0 Å². The van der Waals surface area contributed by atoms with E-state index < -0.39 is 0 Å². The second-order valence-electron chi connectivity index (χ2n) is 3.30. The van der Waals surface area contributed by atoms with Crippen LogP contribution in [0.1, 0.15) is 5.56 Å². The van der Waals surface area contributed by atoms with Gasteiger partial charge in [0.2, 0.25) is 0 Å². The minimum atomic E-state index is 0.463. The Bertz CT molecular complexity index is 488. The lowest BCUT2D eigenvalue weighted by molar-refractivity contribution is 0.305. The van der Waals surface area contributed by atoms with Crippen molar-refractivity contribution in [2.45, 2.75) is 6.61 Å². The third-order valence-electron chi connectivity index (χ3n) is 2.10. The number of aromatic nitrogens is 1. The van der Waals surface area contributed by atoms with Crippen LogP contribution >= 0.6 is 15.9 Å². The van der Waals surface area contributed by atoms with E-state index in [4.69, 9.17) is 10.5 Å². The molecule has 0 aliphatic carbocycles. The number of hydrogen-bond donors (Lipinski definition) is 1. The molecule has 0 saturated carbocycles. The fraction of sp³-hybridized carbons (Fsp3) is 0.0833. The molecule has 3 nitrogen and oxygen atoms in total. The van der Waals surface area contributed by atoms with E-state index in [0.717, 1.165) is 15.8 Å². The van der Waals surface area contributed by atoms with Crippen molar-refractivity contribution in [2.24, 2.45) is 0 Å². The first-order valence-corrected chi connectivity index (χ1v) is 5.63. The van der Waals surface area contributed by atoms with Gasteiger partial charge in [0.05, 0.1) is 0 Å². The normalized spacial score (nSPS) is 10.1. The fourth-order valence-electron chi connectivity index (χ4n) is 1.29. The van der Waals surface area contributed by atoms with Crippen LogP contribution in [0.4, 0.5) is 5.82 Å². The first-order chi connectivity index (χ1) is 7.75. The quantitative estimate of drug-likeness (QED) is 0.939. The molecular formula is C12H11BrN2O. The van der Waals surface area contributed by atoms with Gasteiger partial charge in [0, 0.05) is 22.3 Å². The molecule has 0 fully saturated rings. The second-order valence-corrected chi connectivity index (χ2v) is 4.15. The molecule has 0 unspecified atom stereocenters. The summed E-state index contributed by atoms with van der Waals surface area (Å²) in [6.45, 7) is 0.505. The molecule has 2 rings (SSSR count). The molecule has 0 saturated heterocycles. The maximum atomic E-state index is 5.60. The first kappa shape index (κ1) is 11.0. The van der Waals surface area contributed by atoms with E-state index in [-0.39, 0.29) is 0 Å². The van der Waals surface area contributed by atoms with Gasteiger partial charge in [-0.3, -0.25) is 0 Å². The van der Waals surface area contributed by atoms with Crippen molar-refractivity contribution in [3.63, 3.8) is 0 Å². The smallest absolute Gasteiger partial charge is 0.126 e. The number of nitrogens with zero attached hydrogens (tertiary/aromatic N) is 1. The number of rotatable bonds is 3. The Labute approximate surface area is 102 Å². The van der Waals surface area contributed by atoms with Gasteiger partial charge in [0.1, 0.15) is 18.2 Å². The van der Waals surface area contributed by atoms with Crippen LogP contribution in [0, 0.1) is 0 Å². The molecule has 0 aliphatic rings. The predicted molar refractivity (Wildman–Crippen MR) is 67.1 cm³/mol. The highest BCUT2D eigenvalue weighted by Gasteiger charge is 2.00. The number of hydrogen-bond acceptors (Lipinski definition) is 3. The molecule has 2 aromatic rings. The zero-order valence-electron chi connectivity index (χ0n) is 8.56. The van der Waals surface area contributed by atoms with Crippen molar-refractivity contribution >= 4 is 21.7 Å². The van der Waals surface area contributed by atoms with E-state index in [1.54, 1.807) is 18.3 Å². The Kier molecular flexibility index (Phi) is 3.41. The van der Waals surface area contributed by atoms with Gasteiger partial charge in [-0.25, -0.2) is 4.98 Å². The van der Waals surface area contributed by atoms with Gasteiger partial charge in [-0.15, -0.1) is 0 Å². The van der Waals surface area contributed by atoms with Crippen LogP contribution in [-0.2, 0) is 6.61 Å². The number of nitrogen functional groups attached to an aromatic ring is 1. The van der Waals surface area contributed by atoms with Gasteiger partial charge >= 0.3 is 0 Å². The summed E-state index contributed by atoms with van der Waals surface area (Å²) in [6, 6.07) is 11.4. The standard InChI is InChI=1S/C12H11BrN2O/c13-11-4-2-1-3-9(11)8-16-10-5-6-15-12(14)7-10/h1-7H,8H2,(H2,14,15). The molecule has 4 heteroatoms. The Morgan fingerprint density at radius 2 is 2.06 bits per heavy atom. The monoisotopic (exact) mass is 278 g/mol. The highest BCUT2D eigenvalue weighted by atomic mass is 79.9. The van der Waals surface area contributed by atoms with Crippen molar-refractivity contribution in [2.75, 3.05) is 5.73 Å². The summed E-state index contributed by atoms with van der Waals surface area (Å²) in [5, 5.41) is 0. The highest BCUT2D eigenvalue weighted by molar-refractivity contribution is 9.10. The minimum absolute atomic E-state index is 0.463. The number of halogens is 1. The SMILES string of the molecule is Nc1cc(OCc2ccccc2Br)ccn1. The molecular weight excluding hydrogens is 268 g/mol. The summed E-state index contributed by atoms with van der Waals surface area (Å²) in [4.78, 5) is 3.90.